The molecule has 0 aliphatic carbocycles. The average Bonchev–Trinajstić information content (AvgIpc) is 3.03. The van der Waals surface area contributed by atoms with Crippen LogP contribution in [0.5, 0.6) is 0 Å². The molecule has 3 rings (SSSR count). The van der Waals surface area contributed by atoms with Crippen molar-refractivity contribution in [1.29, 1.82) is 0 Å². The Morgan fingerprint density at radius 2 is 1.75 bits per heavy atom. The summed E-state index contributed by atoms with van der Waals surface area (Å²) in [7, 11) is 0. The number of hydrogen-bond donors (Lipinski definition) is 1. The van der Waals surface area contributed by atoms with Gasteiger partial charge in [-0.3, -0.25) is 0 Å². The van der Waals surface area contributed by atoms with E-state index in [0.29, 0.717) is 0 Å². The van der Waals surface area contributed by atoms with Gasteiger partial charge in [0.2, 0.25) is 0 Å². The maximum Gasteiger partial charge on any atom is 0.0894 e. The van der Waals surface area contributed by atoms with Crippen LogP contribution in [0.15, 0.2) is 67.0 Å². The first-order valence-corrected chi connectivity index (χ1v) is 6.62. The highest BCUT2D eigenvalue weighted by Gasteiger charge is 2.09. The first-order valence-electron chi connectivity index (χ1n) is 6.62. The molecule has 0 saturated heterocycles. The van der Waals surface area contributed by atoms with Gasteiger partial charge in [0.1, 0.15) is 0 Å². The fourth-order valence-electron chi connectivity index (χ4n) is 2.19. The monoisotopic (exact) mass is 264 g/mol. The highest BCUT2D eigenvalue weighted by atomic mass is 15.4. The van der Waals surface area contributed by atoms with E-state index in [9.17, 15) is 0 Å². The van der Waals surface area contributed by atoms with Gasteiger partial charge >= 0.3 is 0 Å². The Kier molecular flexibility index (Phi) is 3.46. The molecule has 0 aliphatic heterocycles. The molecule has 0 amide bonds. The van der Waals surface area contributed by atoms with Crippen molar-refractivity contribution in [2.24, 2.45) is 0 Å². The summed E-state index contributed by atoms with van der Waals surface area (Å²) in [4.78, 5) is 0. The summed E-state index contributed by atoms with van der Waals surface area (Å²) in [5.74, 6) is 0. The van der Waals surface area contributed by atoms with Crippen LogP contribution in [0.4, 0.5) is 5.69 Å². The molecule has 20 heavy (non-hydrogen) atoms. The first-order chi connectivity index (χ1) is 9.84. The van der Waals surface area contributed by atoms with E-state index in [-0.39, 0.29) is 6.04 Å². The molecule has 1 atom stereocenters. The van der Waals surface area contributed by atoms with Crippen molar-refractivity contribution in [2.45, 2.75) is 13.0 Å². The predicted molar refractivity (Wildman–Crippen MR) is 79.8 cm³/mol. The Morgan fingerprint density at radius 3 is 2.50 bits per heavy atom. The molecule has 0 bridgehead atoms. The molecule has 0 spiro atoms. The second-order valence-corrected chi connectivity index (χ2v) is 4.64. The Hall–Kier alpha value is -2.62. The molecule has 1 unspecified atom stereocenters. The Morgan fingerprint density at radius 1 is 1.00 bits per heavy atom. The minimum Gasteiger partial charge on any atom is -0.377 e. The highest BCUT2D eigenvalue weighted by Crippen LogP contribution is 2.24. The zero-order valence-electron chi connectivity index (χ0n) is 11.3. The maximum atomic E-state index is 4.05. The molecule has 1 aromatic heterocycles. The third-order valence-electron chi connectivity index (χ3n) is 3.24. The van der Waals surface area contributed by atoms with Crippen molar-refractivity contribution < 1.29 is 0 Å². The van der Waals surface area contributed by atoms with Crippen LogP contribution in [0.3, 0.4) is 0 Å². The van der Waals surface area contributed by atoms with E-state index in [2.05, 4.69) is 52.9 Å². The lowest BCUT2D eigenvalue weighted by Gasteiger charge is -2.18. The number of para-hydroxylation sites is 2. The van der Waals surface area contributed by atoms with Gasteiger partial charge in [-0.15, -0.1) is 5.10 Å². The van der Waals surface area contributed by atoms with E-state index in [1.165, 1.54) is 5.56 Å². The molecule has 4 nitrogen and oxygen atoms in total. The Labute approximate surface area is 118 Å². The van der Waals surface area contributed by atoms with E-state index < -0.39 is 0 Å². The molecule has 0 radical (unpaired) electrons. The van der Waals surface area contributed by atoms with Gasteiger partial charge < -0.3 is 5.32 Å². The summed E-state index contributed by atoms with van der Waals surface area (Å²) >= 11 is 0. The molecule has 2 aromatic carbocycles. The molecule has 0 aliphatic rings. The van der Waals surface area contributed by atoms with Gasteiger partial charge in [-0.2, -0.15) is 0 Å². The zero-order valence-corrected chi connectivity index (χ0v) is 11.3. The van der Waals surface area contributed by atoms with E-state index in [4.69, 9.17) is 0 Å². The van der Waals surface area contributed by atoms with Crippen LogP contribution in [0.25, 0.3) is 5.69 Å². The highest BCUT2D eigenvalue weighted by molar-refractivity contribution is 5.61. The SMILES string of the molecule is CC(Nc1ccccc1-n1ccnn1)c1ccccc1. The van der Waals surface area contributed by atoms with Crippen LogP contribution >= 0.6 is 0 Å². The van der Waals surface area contributed by atoms with E-state index in [1.54, 1.807) is 10.9 Å². The Balaban J connectivity index is 1.88. The smallest absolute Gasteiger partial charge is 0.0894 e. The molecular weight excluding hydrogens is 248 g/mol. The molecule has 0 fully saturated rings. The number of rotatable bonds is 4. The second kappa shape index (κ2) is 5.57. The Bertz CT molecular complexity index is 662. The summed E-state index contributed by atoms with van der Waals surface area (Å²) in [5.41, 5.74) is 3.28. The fourth-order valence-corrected chi connectivity index (χ4v) is 2.19. The third kappa shape index (κ3) is 2.54. The topological polar surface area (TPSA) is 42.7 Å². The molecule has 3 aromatic rings. The van der Waals surface area contributed by atoms with Gasteiger partial charge in [0.05, 0.1) is 23.8 Å². The predicted octanol–water partition coefficient (Wildman–Crippen LogP) is 3.44. The second-order valence-electron chi connectivity index (χ2n) is 4.64. The number of aromatic nitrogens is 3. The van der Waals surface area contributed by atoms with Crippen LogP contribution in [-0.4, -0.2) is 15.0 Å². The first kappa shape index (κ1) is 12.4. The number of nitrogens with one attached hydrogen (secondary N) is 1. The summed E-state index contributed by atoms with van der Waals surface area (Å²) in [6.07, 6.45) is 3.52. The van der Waals surface area contributed by atoms with E-state index in [0.717, 1.165) is 11.4 Å². The molecule has 0 saturated carbocycles. The lowest BCUT2D eigenvalue weighted by molar-refractivity contribution is 0.798. The largest absolute Gasteiger partial charge is 0.377 e. The van der Waals surface area contributed by atoms with Gasteiger partial charge in [-0.25, -0.2) is 4.68 Å². The number of benzene rings is 2. The lowest BCUT2D eigenvalue weighted by atomic mass is 10.1. The molecular formula is C16H16N4. The fraction of sp³-hybridized carbons (Fsp3) is 0.125. The van der Waals surface area contributed by atoms with Crippen LogP contribution in [0.2, 0.25) is 0 Å². The zero-order chi connectivity index (χ0) is 13.8. The summed E-state index contributed by atoms with van der Waals surface area (Å²) in [6, 6.07) is 18.7. The van der Waals surface area contributed by atoms with Crippen molar-refractivity contribution >= 4 is 5.69 Å². The van der Waals surface area contributed by atoms with Gasteiger partial charge in [0.15, 0.2) is 0 Å². The molecule has 4 heteroatoms. The van der Waals surface area contributed by atoms with Crippen molar-refractivity contribution in [3.05, 3.63) is 72.6 Å². The van der Waals surface area contributed by atoms with Crippen molar-refractivity contribution in [3.8, 4) is 5.69 Å². The van der Waals surface area contributed by atoms with Crippen LogP contribution in [0, 0.1) is 0 Å². The van der Waals surface area contributed by atoms with Gasteiger partial charge in [-0.05, 0) is 24.6 Å². The summed E-state index contributed by atoms with van der Waals surface area (Å²) < 4.78 is 1.76. The van der Waals surface area contributed by atoms with Crippen LogP contribution < -0.4 is 5.32 Å². The van der Waals surface area contributed by atoms with Gasteiger partial charge in [0.25, 0.3) is 0 Å². The van der Waals surface area contributed by atoms with Gasteiger partial charge in [0, 0.05) is 6.04 Å². The number of nitrogens with zero attached hydrogens (tertiary/aromatic N) is 3. The minimum absolute atomic E-state index is 0.223. The number of anilines is 1. The van der Waals surface area contributed by atoms with Crippen molar-refractivity contribution in [3.63, 3.8) is 0 Å². The quantitative estimate of drug-likeness (QED) is 0.785. The summed E-state index contributed by atoms with van der Waals surface area (Å²) in [6.45, 7) is 2.15. The minimum atomic E-state index is 0.223. The molecule has 100 valence electrons. The lowest BCUT2D eigenvalue weighted by Crippen LogP contribution is -2.09. The molecule has 1 N–H and O–H groups in total. The van der Waals surface area contributed by atoms with E-state index >= 15 is 0 Å². The molecule has 1 heterocycles. The van der Waals surface area contributed by atoms with Crippen molar-refractivity contribution in [2.75, 3.05) is 5.32 Å². The van der Waals surface area contributed by atoms with E-state index in [1.807, 2.05) is 30.5 Å². The standard InChI is InChI=1S/C16H16N4/c1-13(14-7-3-2-4-8-14)18-15-9-5-6-10-16(15)20-12-11-17-19-20/h2-13,18H,1H3. The van der Waals surface area contributed by atoms with Crippen LogP contribution in [0.1, 0.15) is 18.5 Å². The normalized spacial score (nSPS) is 12.1. The number of hydrogen-bond acceptors (Lipinski definition) is 3. The van der Waals surface area contributed by atoms with Crippen LogP contribution in [-0.2, 0) is 0 Å². The summed E-state index contributed by atoms with van der Waals surface area (Å²) in [5, 5.41) is 11.4. The third-order valence-corrected chi connectivity index (χ3v) is 3.24. The van der Waals surface area contributed by atoms with Crippen molar-refractivity contribution in [1.82, 2.24) is 15.0 Å². The average molecular weight is 264 g/mol. The maximum absolute atomic E-state index is 4.05. The van der Waals surface area contributed by atoms with Gasteiger partial charge in [-0.1, -0.05) is 47.7 Å².